The molecule has 1 aliphatic rings. The van der Waals surface area contributed by atoms with Gasteiger partial charge in [-0.15, -0.1) is 0 Å². The van der Waals surface area contributed by atoms with Gasteiger partial charge >= 0.3 is 0 Å². The quantitative estimate of drug-likeness (QED) is 0.884. The van der Waals surface area contributed by atoms with Gasteiger partial charge in [0.05, 0.1) is 6.54 Å². The maximum absolute atomic E-state index is 12.0. The van der Waals surface area contributed by atoms with Crippen LogP contribution >= 0.6 is 0 Å². The van der Waals surface area contributed by atoms with Gasteiger partial charge in [-0.1, -0.05) is 26.0 Å². The first-order chi connectivity index (χ1) is 9.58. The molecule has 0 bridgehead atoms. The minimum Gasteiger partial charge on any atom is -0.326 e. The summed E-state index contributed by atoms with van der Waals surface area (Å²) < 4.78 is 0. The van der Waals surface area contributed by atoms with E-state index in [1.165, 1.54) is 6.42 Å². The molecule has 20 heavy (non-hydrogen) atoms. The van der Waals surface area contributed by atoms with Gasteiger partial charge in [0.2, 0.25) is 5.91 Å². The number of carbonyl (C=O) groups excluding carboxylic acids is 1. The first kappa shape index (κ1) is 15.0. The van der Waals surface area contributed by atoms with E-state index in [1.54, 1.807) is 0 Å². The Labute approximate surface area is 121 Å². The average Bonchev–Trinajstić information content (AvgIpc) is 2.44. The van der Waals surface area contributed by atoms with E-state index in [4.69, 9.17) is 5.73 Å². The van der Waals surface area contributed by atoms with Crippen molar-refractivity contribution in [1.29, 1.82) is 0 Å². The van der Waals surface area contributed by atoms with E-state index in [1.807, 2.05) is 24.3 Å². The van der Waals surface area contributed by atoms with Crippen LogP contribution in [0.15, 0.2) is 24.3 Å². The number of amides is 1. The largest absolute Gasteiger partial charge is 0.326 e. The Kier molecular flexibility index (Phi) is 5.15. The van der Waals surface area contributed by atoms with Gasteiger partial charge in [0.15, 0.2) is 0 Å². The standard InChI is InChI=1S/C16H25N3O/c1-12-7-8-19(10-13(12)2)11-16(20)18-15-5-3-14(9-17)4-6-15/h3-6,12-13H,7-11,17H2,1-2H3,(H,18,20). The Morgan fingerprint density at radius 2 is 2.00 bits per heavy atom. The number of piperidine rings is 1. The topological polar surface area (TPSA) is 58.4 Å². The number of nitrogens with two attached hydrogens (primary N) is 1. The molecule has 1 heterocycles. The van der Waals surface area contributed by atoms with Crippen LogP contribution in [0.4, 0.5) is 5.69 Å². The molecule has 0 saturated carbocycles. The lowest BCUT2D eigenvalue weighted by Gasteiger charge is -2.34. The molecule has 2 rings (SSSR count). The molecule has 2 unspecified atom stereocenters. The summed E-state index contributed by atoms with van der Waals surface area (Å²) >= 11 is 0. The van der Waals surface area contributed by atoms with Crippen LogP contribution in [-0.4, -0.2) is 30.4 Å². The predicted molar refractivity (Wildman–Crippen MR) is 82.3 cm³/mol. The highest BCUT2D eigenvalue weighted by atomic mass is 16.2. The highest BCUT2D eigenvalue weighted by Crippen LogP contribution is 2.22. The Morgan fingerprint density at radius 1 is 1.30 bits per heavy atom. The summed E-state index contributed by atoms with van der Waals surface area (Å²) in [4.78, 5) is 14.3. The number of nitrogens with zero attached hydrogens (tertiary/aromatic N) is 1. The van der Waals surface area contributed by atoms with E-state index >= 15 is 0 Å². The number of hydrogen-bond acceptors (Lipinski definition) is 3. The number of likely N-dealkylation sites (tertiary alicyclic amines) is 1. The zero-order valence-electron chi connectivity index (χ0n) is 12.4. The monoisotopic (exact) mass is 275 g/mol. The minimum absolute atomic E-state index is 0.0623. The lowest BCUT2D eigenvalue weighted by atomic mass is 9.89. The third-order valence-electron chi connectivity index (χ3n) is 4.26. The molecule has 0 aromatic heterocycles. The molecule has 1 aliphatic heterocycles. The van der Waals surface area contributed by atoms with Crippen molar-refractivity contribution in [2.24, 2.45) is 17.6 Å². The van der Waals surface area contributed by atoms with Crippen LogP contribution in [0.25, 0.3) is 0 Å². The van der Waals surface area contributed by atoms with Crippen LogP contribution in [0, 0.1) is 11.8 Å². The fourth-order valence-corrected chi connectivity index (χ4v) is 2.62. The average molecular weight is 275 g/mol. The summed E-state index contributed by atoms with van der Waals surface area (Å²) in [6, 6.07) is 7.70. The van der Waals surface area contributed by atoms with E-state index in [0.717, 1.165) is 30.3 Å². The van der Waals surface area contributed by atoms with Gasteiger partial charge in [0.1, 0.15) is 0 Å². The number of carbonyl (C=O) groups is 1. The van der Waals surface area contributed by atoms with Gasteiger partial charge < -0.3 is 11.1 Å². The SMILES string of the molecule is CC1CCN(CC(=O)Nc2ccc(CN)cc2)CC1C. The highest BCUT2D eigenvalue weighted by molar-refractivity contribution is 5.92. The molecule has 1 fully saturated rings. The Hall–Kier alpha value is -1.39. The normalized spacial score (nSPS) is 23.6. The third-order valence-corrected chi connectivity index (χ3v) is 4.26. The molecule has 0 radical (unpaired) electrons. The van der Waals surface area contributed by atoms with Gasteiger partial charge in [-0.3, -0.25) is 9.69 Å². The minimum atomic E-state index is 0.0623. The molecule has 2 atom stereocenters. The maximum Gasteiger partial charge on any atom is 0.238 e. The molecule has 0 spiro atoms. The lowest BCUT2D eigenvalue weighted by Crippen LogP contribution is -2.42. The fourth-order valence-electron chi connectivity index (χ4n) is 2.62. The second kappa shape index (κ2) is 6.86. The Morgan fingerprint density at radius 3 is 2.60 bits per heavy atom. The van der Waals surface area contributed by atoms with E-state index < -0.39 is 0 Å². The molecule has 4 nitrogen and oxygen atoms in total. The van der Waals surface area contributed by atoms with E-state index in [2.05, 4.69) is 24.1 Å². The highest BCUT2D eigenvalue weighted by Gasteiger charge is 2.23. The van der Waals surface area contributed by atoms with Crippen molar-refractivity contribution < 1.29 is 4.79 Å². The number of benzene rings is 1. The first-order valence-electron chi connectivity index (χ1n) is 7.39. The molecule has 1 aromatic carbocycles. The second-order valence-corrected chi connectivity index (χ2v) is 5.93. The van der Waals surface area contributed by atoms with Gasteiger partial charge in [-0.25, -0.2) is 0 Å². The van der Waals surface area contributed by atoms with Crippen LogP contribution in [0.3, 0.4) is 0 Å². The summed E-state index contributed by atoms with van der Waals surface area (Å²) in [6.45, 7) is 7.60. The fraction of sp³-hybridized carbons (Fsp3) is 0.562. The smallest absolute Gasteiger partial charge is 0.238 e. The van der Waals surface area contributed by atoms with Crippen molar-refractivity contribution in [2.45, 2.75) is 26.8 Å². The van der Waals surface area contributed by atoms with Crippen molar-refractivity contribution >= 4 is 11.6 Å². The molecule has 1 aromatic rings. The lowest BCUT2D eigenvalue weighted by molar-refractivity contribution is -0.117. The molecule has 0 aliphatic carbocycles. The van der Waals surface area contributed by atoms with Gasteiger partial charge in [-0.2, -0.15) is 0 Å². The third kappa shape index (κ3) is 4.05. The number of rotatable bonds is 4. The molecule has 1 amide bonds. The van der Waals surface area contributed by atoms with Crippen LogP contribution in [0.2, 0.25) is 0 Å². The molecular formula is C16H25N3O. The van der Waals surface area contributed by atoms with E-state index in [-0.39, 0.29) is 5.91 Å². The van der Waals surface area contributed by atoms with E-state index in [9.17, 15) is 4.79 Å². The molecule has 3 N–H and O–H groups in total. The van der Waals surface area contributed by atoms with Crippen LogP contribution in [0.1, 0.15) is 25.8 Å². The predicted octanol–water partition coefficient (Wildman–Crippen LogP) is 2.06. The Bertz CT molecular complexity index is 444. The molecule has 1 saturated heterocycles. The van der Waals surface area contributed by atoms with Gasteiger partial charge in [-0.05, 0) is 42.5 Å². The van der Waals surface area contributed by atoms with Crippen molar-refractivity contribution in [3.8, 4) is 0 Å². The van der Waals surface area contributed by atoms with Crippen molar-refractivity contribution in [2.75, 3.05) is 25.0 Å². The number of nitrogens with one attached hydrogen (secondary N) is 1. The first-order valence-corrected chi connectivity index (χ1v) is 7.39. The summed E-state index contributed by atoms with van der Waals surface area (Å²) in [5.41, 5.74) is 7.46. The van der Waals surface area contributed by atoms with Gasteiger partial charge in [0.25, 0.3) is 0 Å². The van der Waals surface area contributed by atoms with Crippen molar-refractivity contribution in [3.05, 3.63) is 29.8 Å². The van der Waals surface area contributed by atoms with Crippen LogP contribution in [-0.2, 0) is 11.3 Å². The zero-order chi connectivity index (χ0) is 14.5. The van der Waals surface area contributed by atoms with Crippen LogP contribution in [0.5, 0.6) is 0 Å². The molecular weight excluding hydrogens is 250 g/mol. The van der Waals surface area contributed by atoms with Crippen LogP contribution < -0.4 is 11.1 Å². The van der Waals surface area contributed by atoms with E-state index in [0.29, 0.717) is 19.0 Å². The second-order valence-electron chi connectivity index (χ2n) is 5.93. The van der Waals surface area contributed by atoms with Gasteiger partial charge in [0, 0.05) is 18.8 Å². The molecule has 110 valence electrons. The van der Waals surface area contributed by atoms with Crippen molar-refractivity contribution in [1.82, 2.24) is 4.90 Å². The van der Waals surface area contributed by atoms with Crippen molar-refractivity contribution in [3.63, 3.8) is 0 Å². The summed E-state index contributed by atoms with van der Waals surface area (Å²) in [5, 5.41) is 2.95. The summed E-state index contributed by atoms with van der Waals surface area (Å²) in [5.74, 6) is 1.49. The maximum atomic E-state index is 12.0. The Balaban J connectivity index is 1.82. The summed E-state index contributed by atoms with van der Waals surface area (Å²) in [7, 11) is 0. The zero-order valence-corrected chi connectivity index (χ0v) is 12.4. The summed E-state index contributed by atoms with van der Waals surface area (Å²) in [6.07, 6.45) is 1.18. The number of anilines is 1. The number of hydrogen-bond donors (Lipinski definition) is 2. The molecule has 4 heteroatoms.